The SMILES string of the molecule is NNc1cc(C(F)(F)F)cc(NCCN2CCSCC2)n1. The second-order valence-electron chi connectivity index (χ2n) is 4.65. The summed E-state index contributed by atoms with van der Waals surface area (Å²) in [7, 11) is 0. The normalized spacial score (nSPS) is 16.8. The Kier molecular flexibility index (Phi) is 5.54. The minimum Gasteiger partial charge on any atom is -0.369 e. The minimum absolute atomic E-state index is 0.0123. The van der Waals surface area contributed by atoms with Crippen LogP contribution in [0.25, 0.3) is 0 Å². The fraction of sp³-hybridized carbons (Fsp3) is 0.583. The van der Waals surface area contributed by atoms with E-state index in [4.69, 9.17) is 5.84 Å². The molecule has 1 aliphatic heterocycles. The molecule has 118 valence electrons. The summed E-state index contributed by atoms with van der Waals surface area (Å²) in [5.41, 5.74) is 1.38. The minimum atomic E-state index is -4.42. The first-order valence-corrected chi connectivity index (χ1v) is 7.74. The number of aromatic nitrogens is 1. The Balaban J connectivity index is 1.95. The molecule has 9 heteroatoms. The third-order valence-corrected chi connectivity index (χ3v) is 4.08. The molecule has 0 radical (unpaired) electrons. The van der Waals surface area contributed by atoms with E-state index < -0.39 is 11.7 Å². The third-order valence-electron chi connectivity index (χ3n) is 3.14. The van der Waals surface area contributed by atoms with Crippen LogP contribution in [0.15, 0.2) is 12.1 Å². The van der Waals surface area contributed by atoms with Crippen molar-refractivity contribution in [2.24, 2.45) is 5.84 Å². The van der Waals surface area contributed by atoms with Gasteiger partial charge >= 0.3 is 6.18 Å². The molecule has 1 fully saturated rings. The smallest absolute Gasteiger partial charge is 0.369 e. The van der Waals surface area contributed by atoms with Crippen molar-refractivity contribution in [1.82, 2.24) is 9.88 Å². The molecule has 5 nitrogen and oxygen atoms in total. The van der Waals surface area contributed by atoms with Crippen LogP contribution in [0.1, 0.15) is 5.56 Å². The summed E-state index contributed by atoms with van der Waals surface area (Å²) in [6.45, 7) is 3.35. The van der Waals surface area contributed by atoms with Crippen LogP contribution in [0.4, 0.5) is 24.8 Å². The van der Waals surface area contributed by atoms with Gasteiger partial charge < -0.3 is 10.7 Å². The van der Waals surface area contributed by atoms with Crippen LogP contribution in [0.5, 0.6) is 0 Å². The highest BCUT2D eigenvalue weighted by atomic mass is 32.2. The zero-order chi connectivity index (χ0) is 15.3. The average molecular weight is 321 g/mol. The zero-order valence-corrected chi connectivity index (χ0v) is 12.2. The van der Waals surface area contributed by atoms with Crippen LogP contribution in [-0.2, 0) is 6.18 Å². The van der Waals surface area contributed by atoms with Gasteiger partial charge in [-0.1, -0.05) is 0 Å². The fourth-order valence-corrected chi connectivity index (χ4v) is 3.00. The molecule has 4 N–H and O–H groups in total. The van der Waals surface area contributed by atoms with E-state index in [1.165, 1.54) is 0 Å². The molecule has 1 saturated heterocycles. The van der Waals surface area contributed by atoms with Gasteiger partial charge in [-0.3, -0.25) is 4.90 Å². The molecule has 0 atom stereocenters. The number of pyridine rings is 1. The monoisotopic (exact) mass is 321 g/mol. The van der Waals surface area contributed by atoms with Crippen molar-refractivity contribution in [3.8, 4) is 0 Å². The number of nitrogen functional groups attached to an aromatic ring is 1. The number of alkyl halides is 3. The first-order chi connectivity index (χ1) is 9.99. The van der Waals surface area contributed by atoms with Gasteiger partial charge in [-0.2, -0.15) is 24.9 Å². The largest absolute Gasteiger partial charge is 0.416 e. The molecule has 0 bridgehead atoms. The molecule has 2 rings (SSSR count). The van der Waals surface area contributed by atoms with Crippen LogP contribution in [0.3, 0.4) is 0 Å². The molecule has 0 amide bonds. The molecule has 1 aliphatic rings. The van der Waals surface area contributed by atoms with E-state index in [1.54, 1.807) is 0 Å². The summed E-state index contributed by atoms with van der Waals surface area (Å²) in [5.74, 6) is 7.52. The van der Waals surface area contributed by atoms with E-state index in [0.29, 0.717) is 6.54 Å². The van der Waals surface area contributed by atoms with Crippen molar-refractivity contribution in [2.45, 2.75) is 6.18 Å². The lowest BCUT2D eigenvalue weighted by molar-refractivity contribution is -0.137. The van der Waals surface area contributed by atoms with Crippen molar-refractivity contribution in [3.63, 3.8) is 0 Å². The van der Waals surface area contributed by atoms with E-state index in [9.17, 15) is 13.2 Å². The molecular weight excluding hydrogens is 303 g/mol. The van der Waals surface area contributed by atoms with Gasteiger partial charge in [0.05, 0.1) is 5.56 Å². The maximum Gasteiger partial charge on any atom is 0.416 e. The fourth-order valence-electron chi connectivity index (χ4n) is 2.03. The Hall–Kier alpha value is -1.19. The van der Waals surface area contributed by atoms with Crippen molar-refractivity contribution < 1.29 is 13.2 Å². The van der Waals surface area contributed by atoms with E-state index in [1.807, 2.05) is 11.8 Å². The van der Waals surface area contributed by atoms with Gasteiger partial charge in [0.15, 0.2) is 0 Å². The standard InChI is InChI=1S/C12H18F3N5S/c13-12(14,15)9-7-10(18-11(8-9)19-16)17-1-2-20-3-5-21-6-4-20/h7-8H,1-6,16H2,(H2,17,18,19). The number of hydrogen-bond donors (Lipinski definition) is 3. The number of hydrazine groups is 1. The van der Waals surface area contributed by atoms with E-state index in [0.717, 1.165) is 43.3 Å². The van der Waals surface area contributed by atoms with E-state index in [-0.39, 0.29) is 11.6 Å². The second-order valence-corrected chi connectivity index (χ2v) is 5.87. The van der Waals surface area contributed by atoms with Crippen molar-refractivity contribution in [2.75, 3.05) is 48.4 Å². The number of anilines is 2. The molecule has 0 unspecified atom stereocenters. The topological polar surface area (TPSA) is 66.2 Å². The number of nitrogens with one attached hydrogen (secondary N) is 2. The molecular formula is C12H18F3N5S. The molecule has 0 aromatic carbocycles. The Morgan fingerprint density at radius 2 is 1.90 bits per heavy atom. The number of rotatable bonds is 5. The Bertz CT molecular complexity index is 463. The van der Waals surface area contributed by atoms with Gasteiger partial charge in [-0.25, -0.2) is 10.8 Å². The summed E-state index contributed by atoms with van der Waals surface area (Å²) in [5, 5.41) is 2.92. The number of thioether (sulfide) groups is 1. The van der Waals surface area contributed by atoms with Crippen molar-refractivity contribution >= 4 is 23.4 Å². The molecule has 1 aromatic heterocycles. The Morgan fingerprint density at radius 3 is 2.52 bits per heavy atom. The van der Waals surface area contributed by atoms with E-state index >= 15 is 0 Å². The summed E-state index contributed by atoms with van der Waals surface area (Å²) < 4.78 is 38.3. The molecule has 2 heterocycles. The van der Waals surface area contributed by atoms with Gasteiger partial charge in [0.2, 0.25) is 0 Å². The first kappa shape index (κ1) is 16.2. The number of hydrogen-bond acceptors (Lipinski definition) is 6. The third kappa shape index (κ3) is 4.94. The highest BCUT2D eigenvalue weighted by molar-refractivity contribution is 7.99. The Morgan fingerprint density at radius 1 is 1.24 bits per heavy atom. The predicted molar refractivity (Wildman–Crippen MR) is 79.3 cm³/mol. The number of nitrogens with two attached hydrogens (primary N) is 1. The van der Waals surface area contributed by atoms with Crippen LogP contribution in [0, 0.1) is 0 Å². The molecule has 1 aromatic rings. The summed E-state index contributed by atoms with van der Waals surface area (Å²) in [4.78, 5) is 6.26. The lowest BCUT2D eigenvalue weighted by Crippen LogP contribution is -2.36. The lowest BCUT2D eigenvalue weighted by atomic mass is 10.2. The second kappa shape index (κ2) is 7.19. The summed E-state index contributed by atoms with van der Waals surface area (Å²) >= 11 is 1.92. The van der Waals surface area contributed by atoms with Crippen LogP contribution in [-0.4, -0.2) is 47.6 Å². The number of nitrogens with zero attached hydrogens (tertiary/aromatic N) is 2. The summed E-state index contributed by atoms with van der Waals surface area (Å²) in [6.07, 6.45) is -4.42. The van der Waals surface area contributed by atoms with Gasteiger partial charge in [0.25, 0.3) is 0 Å². The average Bonchev–Trinajstić information content (AvgIpc) is 2.47. The van der Waals surface area contributed by atoms with E-state index in [2.05, 4.69) is 20.6 Å². The molecule has 0 spiro atoms. The van der Waals surface area contributed by atoms with Gasteiger partial charge in [0.1, 0.15) is 11.6 Å². The number of halogens is 3. The van der Waals surface area contributed by atoms with Crippen LogP contribution in [0.2, 0.25) is 0 Å². The van der Waals surface area contributed by atoms with Crippen LogP contribution >= 0.6 is 11.8 Å². The summed E-state index contributed by atoms with van der Waals surface area (Å²) in [6, 6.07) is 1.87. The van der Waals surface area contributed by atoms with Gasteiger partial charge in [0, 0.05) is 37.7 Å². The van der Waals surface area contributed by atoms with Crippen molar-refractivity contribution in [3.05, 3.63) is 17.7 Å². The molecule has 0 aliphatic carbocycles. The van der Waals surface area contributed by atoms with Crippen LogP contribution < -0.4 is 16.6 Å². The zero-order valence-electron chi connectivity index (χ0n) is 11.4. The molecule has 21 heavy (non-hydrogen) atoms. The van der Waals surface area contributed by atoms with Gasteiger partial charge in [-0.05, 0) is 12.1 Å². The highest BCUT2D eigenvalue weighted by Gasteiger charge is 2.31. The Labute approximate surface area is 125 Å². The maximum absolute atomic E-state index is 12.8. The van der Waals surface area contributed by atoms with Crippen molar-refractivity contribution in [1.29, 1.82) is 0 Å². The quantitative estimate of drug-likeness (QED) is 0.568. The first-order valence-electron chi connectivity index (χ1n) is 6.59. The highest BCUT2D eigenvalue weighted by Crippen LogP contribution is 2.31. The predicted octanol–water partition coefficient (Wildman–Crippen LogP) is 1.85. The molecule has 0 saturated carbocycles. The maximum atomic E-state index is 12.8. The van der Waals surface area contributed by atoms with Gasteiger partial charge in [-0.15, -0.1) is 0 Å². The lowest BCUT2D eigenvalue weighted by Gasteiger charge is -2.26.